The van der Waals surface area contributed by atoms with E-state index in [-0.39, 0.29) is 17.2 Å². The lowest BCUT2D eigenvalue weighted by molar-refractivity contribution is -0.315. The van der Waals surface area contributed by atoms with Gasteiger partial charge >= 0.3 is 0 Å². The number of benzene rings is 1. The third kappa shape index (κ3) is 3.89. The third-order valence-electron chi connectivity index (χ3n) is 4.49. The standard InChI is InChI=1S/C19H31NO2/c1-7-21-17-13-18(3,4)20(19(5,6)14-17)22-15(2)16-11-9-8-10-12-16/h8-12,15,17H,7,13-14H2,1-6H3/t15-/m0/s1. The second-order valence-corrected chi connectivity index (χ2v) is 7.56. The topological polar surface area (TPSA) is 21.7 Å². The number of hydrogen-bond acceptors (Lipinski definition) is 3. The van der Waals surface area contributed by atoms with Gasteiger partial charge in [0.2, 0.25) is 0 Å². The van der Waals surface area contributed by atoms with Crippen LogP contribution < -0.4 is 0 Å². The first-order chi connectivity index (χ1) is 10.3. The molecule has 1 atom stereocenters. The molecule has 0 unspecified atom stereocenters. The van der Waals surface area contributed by atoms with Crippen molar-refractivity contribution in [3.63, 3.8) is 0 Å². The first-order valence-electron chi connectivity index (χ1n) is 8.40. The van der Waals surface area contributed by atoms with Gasteiger partial charge in [-0.2, -0.15) is 5.06 Å². The summed E-state index contributed by atoms with van der Waals surface area (Å²) in [4.78, 5) is 6.41. The molecule has 0 bridgehead atoms. The highest BCUT2D eigenvalue weighted by atomic mass is 16.7. The molecule has 0 aliphatic carbocycles. The molecular weight excluding hydrogens is 274 g/mol. The highest BCUT2D eigenvalue weighted by Gasteiger charge is 2.47. The van der Waals surface area contributed by atoms with Crippen molar-refractivity contribution in [2.24, 2.45) is 0 Å². The summed E-state index contributed by atoms with van der Waals surface area (Å²) in [6.07, 6.45) is 2.34. The molecule has 0 aromatic heterocycles. The second kappa shape index (κ2) is 6.69. The van der Waals surface area contributed by atoms with E-state index in [0.29, 0.717) is 6.10 Å². The van der Waals surface area contributed by atoms with Crippen molar-refractivity contribution in [2.45, 2.75) is 77.7 Å². The quantitative estimate of drug-likeness (QED) is 0.784. The maximum Gasteiger partial charge on any atom is 0.102 e. The molecule has 1 aromatic rings. The van der Waals surface area contributed by atoms with Gasteiger partial charge < -0.3 is 4.74 Å². The average molecular weight is 305 g/mol. The molecule has 0 spiro atoms. The summed E-state index contributed by atoms with van der Waals surface area (Å²) in [5.41, 5.74) is 1.11. The molecular formula is C19H31NO2. The van der Waals surface area contributed by atoms with Crippen molar-refractivity contribution in [2.75, 3.05) is 6.61 Å². The third-order valence-corrected chi connectivity index (χ3v) is 4.49. The minimum absolute atomic E-state index is 0.0448. The smallest absolute Gasteiger partial charge is 0.102 e. The maximum atomic E-state index is 6.41. The lowest BCUT2D eigenvalue weighted by Gasteiger charge is -2.54. The molecule has 124 valence electrons. The molecule has 22 heavy (non-hydrogen) atoms. The van der Waals surface area contributed by atoms with Crippen molar-refractivity contribution < 1.29 is 9.57 Å². The Hall–Kier alpha value is -0.900. The Morgan fingerprint density at radius 3 is 2.14 bits per heavy atom. The van der Waals surface area contributed by atoms with Crippen LogP contribution in [0.2, 0.25) is 0 Å². The van der Waals surface area contributed by atoms with Gasteiger partial charge in [-0.05, 0) is 59.9 Å². The molecule has 1 aliphatic heterocycles. The Labute approximate surface area is 135 Å². The average Bonchev–Trinajstić information content (AvgIpc) is 2.43. The van der Waals surface area contributed by atoms with E-state index in [0.717, 1.165) is 19.4 Å². The fourth-order valence-corrected chi connectivity index (χ4v) is 3.75. The minimum atomic E-state index is -0.0510. The van der Waals surface area contributed by atoms with E-state index in [4.69, 9.17) is 9.57 Å². The van der Waals surface area contributed by atoms with E-state index in [1.165, 1.54) is 5.56 Å². The molecule has 2 rings (SSSR count). The number of ether oxygens (including phenoxy) is 1. The van der Waals surface area contributed by atoms with E-state index < -0.39 is 0 Å². The van der Waals surface area contributed by atoms with Crippen LogP contribution in [0.3, 0.4) is 0 Å². The predicted molar refractivity (Wildman–Crippen MR) is 90.6 cm³/mol. The van der Waals surface area contributed by atoms with Crippen LogP contribution in [0.1, 0.15) is 66.1 Å². The van der Waals surface area contributed by atoms with Gasteiger partial charge in [-0.15, -0.1) is 0 Å². The van der Waals surface area contributed by atoms with Crippen molar-refractivity contribution in [1.29, 1.82) is 0 Å². The Morgan fingerprint density at radius 1 is 1.09 bits per heavy atom. The molecule has 1 heterocycles. The molecule has 3 nitrogen and oxygen atoms in total. The van der Waals surface area contributed by atoms with Crippen LogP contribution in [0.15, 0.2) is 30.3 Å². The first kappa shape index (κ1) is 17.5. The van der Waals surface area contributed by atoms with Gasteiger partial charge in [0.1, 0.15) is 6.10 Å². The number of hydrogen-bond donors (Lipinski definition) is 0. The zero-order valence-electron chi connectivity index (χ0n) is 14.9. The molecule has 1 aromatic carbocycles. The highest BCUT2D eigenvalue weighted by molar-refractivity contribution is 5.16. The Kier molecular flexibility index (Phi) is 5.31. The van der Waals surface area contributed by atoms with Crippen molar-refractivity contribution in [3.8, 4) is 0 Å². The van der Waals surface area contributed by atoms with Gasteiger partial charge in [-0.25, -0.2) is 0 Å². The molecule has 0 radical (unpaired) electrons. The van der Waals surface area contributed by atoms with E-state index in [1.54, 1.807) is 0 Å². The normalized spacial score (nSPS) is 23.4. The fraction of sp³-hybridized carbons (Fsp3) is 0.684. The molecule has 1 aliphatic rings. The van der Waals surface area contributed by atoms with Gasteiger partial charge in [0.25, 0.3) is 0 Å². The van der Waals surface area contributed by atoms with Crippen LogP contribution in [-0.4, -0.2) is 28.9 Å². The van der Waals surface area contributed by atoms with E-state index >= 15 is 0 Å². The van der Waals surface area contributed by atoms with Crippen LogP contribution in [0.5, 0.6) is 0 Å². The van der Waals surface area contributed by atoms with Gasteiger partial charge in [-0.3, -0.25) is 4.84 Å². The Balaban J connectivity index is 2.15. The molecule has 0 saturated carbocycles. The van der Waals surface area contributed by atoms with Gasteiger partial charge in [0, 0.05) is 17.7 Å². The molecule has 0 amide bonds. The molecule has 1 fully saturated rings. The first-order valence-corrected chi connectivity index (χ1v) is 8.40. The van der Waals surface area contributed by atoms with E-state index in [1.807, 2.05) is 6.07 Å². The molecule has 3 heteroatoms. The lowest BCUT2D eigenvalue weighted by atomic mass is 9.80. The molecule has 1 saturated heterocycles. The fourth-order valence-electron chi connectivity index (χ4n) is 3.75. The summed E-state index contributed by atoms with van der Waals surface area (Å²) >= 11 is 0. The van der Waals surface area contributed by atoms with Crippen LogP contribution in [0.25, 0.3) is 0 Å². The highest BCUT2D eigenvalue weighted by Crippen LogP contribution is 2.41. The Morgan fingerprint density at radius 2 is 1.64 bits per heavy atom. The monoisotopic (exact) mass is 305 g/mol. The van der Waals surface area contributed by atoms with E-state index in [2.05, 4.69) is 70.9 Å². The van der Waals surface area contributed by atoms with Crippen molar-refractivity contribution >= 4 is 0 Å². The van der Waals surface area contributed by atoms with Crippen LogP contribution in [0.4, 0.5) is 0 Å². The SMILES string of the molecule is CCOC1CC(C)(C)N(O[C@@H](C)c2ccccc2)C(C)(C)C1. The van der Waals surface area contributed by atoms with Gasteiger partial charge in [-0.1, -0.05) is 30.3 Å². The number of nitrogens with zero attached hydrogens (tertiary/aromatic N) is 1. The Bertz CT molecular complexity index is 452. The summed E-state index contributed by atoms with van der Waals surface area (Å²) in [6, 6.07) is 10.4. The van der Waals surface area contributed by atoms with Crippen LogP contribution in [0, 0.1) is 0 Å². The van der Waals surface area contributed by atoms with Gasteiger partial charge in [0.15, 0.2) is 0 Å². The number of piperidine rings is 1. The predicted octanol–water partition coefficient (Wildman–Crippen LogP) is 4.74. The summed E-state index contributed by atoms with van der Waals surface area (Å²) in [6.45, 7) is 14.0. The minimum Gasteiger partial charge on any atom is -0.378 e. The zero-order valence-corrected chi connectivity index (χ0v) is 14.9. The van der Waals surface area contributed by atoms with Crippen LogP contribution >= 0.6 is 0 Å². The van der Waals surface area contributed by atoms with Crippen LogP contribution in [-0.2, 0) is 9.57 Å². The number of rotatable bonds is 5. The summed E-state index contributed by atoms with van der Waals surface area (Å²) in [5, 5.41) is 2.20. The second-order valence-electron chi connectivity index (χ2n) is 7.56. The molecule has 0 N–H and O–H groups in total. The largest absolute Gasteiger partial charge is 0.378 e. The summed E-state index contributed by atoms with van der Waals surface area (Å²) in [5.74, 6) is 0. The summed E-state index contributed by atoms with van der Waals surface area (Å²) in [7, 11) is 0. The number of hydroxylamine groups is 2. The van der Waals surface area contributed by atoms with E-state index in [9.17, 15) is 0 Å². The van der Waals surface area contributed by atoms with Crippen molar-refractivity contribution in [3.05, 3.63) is 35.9 Å². The van der Waals surface area contributed by atoms with Gasteiger partial charge in [0.05, 0.1) is 6.10 Å². The maximum absolute atomic E-state index is 6.41. The zero-order chi connectivity index (χ0) is 16.4. The lowest BCUT2D eigenvalue weighted by Crippen LogP contribution is -2.62. The summed E-state index contributed by atoms with van der Waals surface area (Å²) < 4.78 is 5.91. The van der Waals surface area contributed by atoms with Crippen molar-refractivity contribution in [1.82, 2.24) is 5.06 Å².